The fourth-order valence-electron chi connectivity index (χ4n) is 2.49. The van der Waals surface area contributed by atoms with Gasteiger partial charge in [0.25, 0.3) is 5.56 Å². The maximum absolute atomic E-state index is 13.8. The van der Waals surface area contributed by atoms with Gasteiger partial charge in [0.05, 0.1) is 27.9 Å². The summed E-state index contributed by atoms with van der Waals surface area (Å²) in [7, 11) is 0. The van der Waals surface area contributed by atoms with Crippen LogP contribution in [0.4, 0.5) is 10.1 Å². The first kappa shape index (κ1) is 17.1. The molecule has 0 radical (unpaired) electrons. The highest BCUT2D eigenvalue weighted by atomic mass is 35.5. The van der Waals surface area contributed by atoms with E-state index in [1.807, 2.05) is 6.07 Å². The Labute approximate surface area is 148 Å². The summed E-state index contributed by atoms with van der Waals surface area (Å²) < 4.78 is 15.2. The minimum absolute atomic E-state index is 0.0436. The van der Waals surface area contributed by atoms with Gasteiger partial charge in [0, 0.05) is 13.0 Å². The first-order chi connectivity index (χ1) is 12.1. The van der Waals surface area contributed by atoms with Crippen LogP contribution in [0.15, 0.2) is 53.6 Å². The maximum Gasteiger partial charge on any atom is 0.261 e. The van der Waals surface area contributed by atoms with Crippen LogP contribution in [0.3, 0.4) is 0 Å². The van der Waals surface area contributed by atoms with Crippen molar-refractivity contribution in [2.24, 2.45) is 0 Å². The first-order valence-electron chi connectivity index (χ1n) is 7.74. The van der Waals surface area contributed by atoms with Gasteiger partial charge in [-0.1, -0.05) is 29.8 Å². The monoisotopic (exact) mass is 359 g/mol. The van der Waals surface area contributed by atoms with Crippen LogP contribution >= 0.6 is 11.6 Å². The zero-order valence-corrected chi connectivity index (χ0v) is 14.0. The van der Waals surface area contributed by atoms with E-state index >= 15 is 0 Å². The van der Waals surface area contributed by atoms with Crippen LogP contribution in [0.1, 0.15) is 12.8 Å². The quantitative estimate of drug-likeness (QED) is 0.757. The summed E-state index contributed by atoms with van der Waals surface area (Å²) in [4.78, 5) is 28.5. The van der Waals surface area contributed by atoms with Crippen molar-refractivity contribution in [2.75, 3.05) is 5.32 Å². The summed E-state index contributed by atoms with van der Waals surface area (Å²) in [6, 6.07) is 11.5. The number of carbonyl (C=O) groups is 1. The van der Waals surface area contributed by atoms with Gasteiger partial charge in [0.15, 0.2) is 5.82 Å². The smallest absolute Gasteiger partial charge is 0.261 e. The van der Waals surface area contributed by atoms with E-state index in [4.69, 9.17) is 11.6 Å². The van der Waals surface area contributed by atoms with Gasteiger partial charge in [-0.2, -0.15) is 0 Å². The minimum Gasteiger partial charge on any atom is -0.324 e. The molecular formula is C18H15ClFN3O2. The molecule has 128 valence electrons. The summed E-state index contributed by atoms with van der Waals surface area (Å²) in [5, 5.41) is 2.97. The zero-order valence-electron chi connectivity index (χ0n) is 13.2. The number of hydrogen-bond acceptors (Lipinski definition) is 3. The topological polar surface area (TPSA) is 64.0 Å². The number of rotatable bonds is 5. The summed E-state index contributed by atoms with van der Waals surface area (Å²) in [5.41, 5.74) is 0.534. The van der Waals surface area contributed by atoms with Crippen molar-refractivity contribution < 1.29 is 9.18 Å². The Morgan fingerprint density at radius 1 is 1.20 bits per heavy atom. The van der Waals surface area contributed by atoms with Gasteiger partial charge >= 0.3 is 0 Å². The molecule has 0 bridgehead atoms. The Kier molecular flexibility index (Phi) is 5.09. The highest BCUT2D eigenvalue weighted by Gasteiger charge is 2.10. The number of amides is 1. The predicted octanol–water partition coefficient (Wildman–Crippen LogP) is 3.61. The first-order valence-corrected chi connectivity index (χ1v) is 8.12. The summed E-state index contributed by atoms with van der Waals surface area (Å²) in [6.45, 7) is 0.349. The van der Waals surface area contributed by atoms with E-state index in [0.717, 1.165) is 0 Å². The number of benzene rings is 2. The lowest BCUT2D eigenvalue weighted by atomic mass is 10.2. The van der Waals surface area contributed by atoms with E-state index < -0.39 is 5.82 Å². The molecule has 1 N–H and O–H groups in total. The normalized spacial score (nSPS) is 10.8. The third-order valence-corrected chi connectivity index (χ3v) is 4.05. The molecule has 0 aliphatic carbocycles. The average molecular weight is 360 g/mol. The van der Waals surface area contributed by atoms with Crippen LogP contribution in [0.25, 0.3) is 10.9 Å². The Hall–Kier alpha value is -2.73. The van der Waals surface area contributed by atoms with Crippen LogP contribution in [-0.2, 0) is 11.3 Å². The fraction of sp³-hybridized carbons (Fsp3) is 0.167. The van der Waals surface area contributed by atoms with Gasteiger partial charge in [0.1, 0.15) is 0 Å². The molecule has 0 saturated carbocycles. The Bertz CT molecular complexity index is 987. The summed E-state index contributed by atoms with van der Waals surface area (Å²) >= 11 is 5.68. The number of nitrogens with zero attached hydrogens (tertiary/aromatic N) is 2. The lowest BCUT2D eigenvalue weighted by Crippen LogP contribution is -2.21. The second-order valence-electron chi connectivity index (χ2n) is 5.51. The summed E-state index contributed by atoms with van der Waals surface area (Å²) in [5.74, 6) is -1.00. The van der Waals surface area contributed by atoms with E-state index in [1.54, 1.807) is 24.3 Å². The van der Waals surface area contributed by atoms with E-state index in [9.17, 15) is 14.0 Å². The number of anilines is 1. The van der Waals surface area contributed by atoms with Crippen LogP contribution in [0.2, 0.25) is 5.02 Å². The second-order valence-corrected chi connectivity index (χ2v) is 5.92. The van der Waals surface area contributed by atoms with Crippen molar-refractivity contribution in [3.8, 4) is 0 Å². The van der Waals surface area contributed by atoms with Crippen LogP contribution < -0.4 is 10.9 Å². The highest BCUT2D eigenvalue weighted by Crippen LogP contribution is 2.22. The number of aromatic nitrogens is 2. The van der Waals surface area contributed by atoms with Gasteiger partial charge < -0.3 is 5.32 Å². The van der Waals surface area contributed by atoms with Gasteiger partial charge in [-0.05, 0) is 30.7 Å². The largest absolute Gasteiger partial charge is 0.324 e. The van der Waals surface area contributed by atoms with Gasteiger partial charge in [0.2, 0.25) is 5.91 Å². The van der Waals surface area contributed by atoms with Crippen molar-refractivity contribution in [2.45, 2.75) is 19.4 Å². The molecule has 1 aromatic heterocycles. The molecule has 1 amide bonds. The molecule has 25 heavy (non-hydrogen) atoms. The molecule has 3 aromatic rings. The number of carbonyl (C=O) groups excluding carboxylic acids is 1. The van der Waals surface area contributed by atoms with Crippen molar-refractivity contribution >= 4 is 34.1 Å². The Balaban J connectivity index is 1.61. The minimum atomic E-state index is -0.660. The molecule has 0 spiro atoms. The third kappa shape index (κ3) is 3.85. The number of nitrogens with one attached hydrogen (secondary N) is 1. The molecule has 0 saturated heterocycles. The molecule has 3 rings (SSSR count). The average Bonchev–Trinajstić information content (AvgIpc) is 2.61. The number of halogens is 2. The fourth-order valence-corrected chi connectivity index (χ4v) is 2.66. The van der Waals surface area contributed by atoms with Crippen LogP contribution in [0.5, 0.6) is 0 Å². The molecule has 5 nitrogen and oxygen atoms in total. The van der Waals surface area contributed by atoms with Gasteiger partial charge in [-0.25, -0.2) is 9.37 Å². The van der Waals surface area contributed by atoms with E-state index in [2.05, 4.69) is 10.3 Å². The third-order valence-electron chi connectivity index (χ3n) is 3.76. The lowest BCUT2D eigenvalue weighted by Gasteiger charge is -2.08. The standard InChI is InChI=1S/C18H15ClFN3O2/c19-13-6-3-8-15(17(13)20)22-16(24)9-4-10-23-11-21-14-7-2-1-5-12(14)18(23)25/h1-3,5-8,11H,4,9-10H2,(H,22,24). The number of hydrogen-bond donors (Lipinski definition) is 1. The number of para-hydroxylation sites is 1. The van der Waals surface area contributed by atoms with Crippen molar-refractivity contribution in [3.05, 3.63) is 70.0 Å². The number of fused-ring (bicyclic) bond motifs is 1. The SMILES string of the molecule is O=C(CCCn1cnc2ccccc2c1=O)Nc1cccc(Cl)c1F. The highest BCUT2D eigenvalue weighted by molar-refractivity contribution is 6.31. The molecule has 0 fully saturated rings. The molecule has 0 unspecified atom stereocenters. The Morgan fingerprint density at radius 3 is 2.84 bits per heavy atom. The Morgan fingerprint density at radius 2 is 2.00 bits per heavy atom. The van der Waals surface area contributed by atoms with E-state index in [1.165, 1.54) is 23.0 Å². The van der Waals surface area contributed by atoms with E-state index in [-0.39, 0.29) is 28.6 Å². The molecule has 1 heterocycles. The van der Waals surface area contributed by atoms with Crippen molar-refractivity contribution in [3.63, 3.8) is 0 Å². The number of aryl methyl sites for hydroxylation is 1. The molecule has 0 atom stereocenters. The summed E-state index contributed by atoms with van der Waals surface area (Å²) in [6.07, 6.45) is 2.04. The van der Waals surface area contributed by atoms with E-state index in [0.29, 0.717) is 23.9 Å². The van der Waals surface area contributed by atoms with Crippen LogP contribution in [0, 0.1) is 5.82 Å². The van der Waals surface area contributed by atoms with Crippen LogP contribution in [-0.4, -0.2) is 15.5 Å². The second kappa shape index (κ2) is 7.44. The molecule has 7 heteroatoms. The molecule has 2 aromatic carbocycles. The lowest BCUT2D eigenvalue weighted by molar-refractivity contribution is -0.116. The van der Waals surface area contributed by atoms with Crippen molar-refractivity contribution in [1.82, 2.24) is 9.55 Å². The predicted molar refractivity (Wildman–Crippen MR) is 95.3 cm³/mol. The maximum atomic E-state index is 13.8. The molecule has 0 aliphatic rings. The van der Waals surface area contributed by atoms with Gasteiger partial charge in [-0.15, -0.1) is 0 Å². The zero-order chi connectivity index (χ0) is 17.8. The van der Waals surface area contributed by atoms with Crippen molar-refractivity contribution in [1.29, 1.82) is 0 Å². The molecular weight excluding hydrogens is 345 g/mol. The molecule has 0 aliphatic heterocycles. The van der Waals surface area contributed by atoms with Gasteiger partial charge in [-0.3, -0.25) is 14.2 Å².